The lowest BCUT2D eigenvalue weighted by Gasteiger charge is -2.09. The topological polar surface area (TPSA) is 72.5 Å². The Balaban J connectivity index is 1.45. The summed E-state index contributed by atoms with van der Waals surface area (Å²) in [4.78, 5) is 17.4. The quantitative estimate of drug-likeness (QED) is 0.617. The van der Waals surface area contributed by atoms with Gasteiger partial charge in [-0.1, -0.05) is 6.07 Å². The van der Waals surface area contributed by atoms with Crippen molar-refractivity contribution in [3.8, 4) is 17.4 Å². The van der Waals surface area contributed by atoms with Crippen molar-refractivity contribution in [2.24, 2.45) is 0 Å². The Labute approximate surface area is 162 Å². The largest absolute Gasteiger partial charge is 0.497 e. The van der Waals surface area contributed by atoms with Crippen LogP contribution in [0.5, 0.6) is 17.4 Å². The Bertz CT molecular complexity index is 851. The van der Waals surface area contributed by atoms with Crippen molar-refractivity contribution in [1.29, 1.82) is 0 Å². The molecular formula is C20H21N3O3S. The minimum absolute atomic E-state index is 0.194. The number of carbonyl (C=O) groups is 1. The molecule has 0 saturated carbocycles. The Morgan fingerprint density at radius 3 is 2.67 bits per heavy atom. The summed E-state index contributed by atoms with van der Waals surface area (Å²) in [7, 11) is 1.62. The fraction of sp³-hybridized carbons (Fsp3) is 0.200. The fourth-order valence-electron chi connectivity index (χ4n) is 2.38. The molecule has 3 rings (SSSR count). The van der Waals surface area contributed by atoms with Crippen LogP contribution in [0, 0.1) is 0 Å². The molecule has 0 atom stereocenters. The molecule has 0 spiro atoms. The zero-order valence-corrected chi connectivity index (χ0v) is 15.8. The zero-order chi connectivity index (χ0) is 18.9. The van der Waals surface area contributed by atoms with Crippen LogP contribution in [0.25, 0.3) is 0 Å². The number of pyridine rings is 1. The molecular weight excluding hydrogens is 362 g/mol. The van der Waals surface area contributed by atoms with E-state index in [-0.39, 0.29) is 6.03 Å². The van der Waals surface area contributed by atoms with Gasteiger partial charge in [-0.25, -0.2) is 9.78 Å². The van der Waals surface area contributed by atoms with Gasteiger partial charge in [0.25, 0.3) is 0 Å². The van der Waals surface area contributed by atoms with E-state index in [1.807, 2.05) is 41.8 Å². The second kappa shape index (κ2) is 9.59. The van der Waals surface area contributed by atoms with Crippen LogP contribution in [-0.2, 0) is 13.0 Å². The van der Waals surface area contributed by atoms with Crippen LogP contribution in [0.2, 0.25) is 0 Å². The lowest BCUT2D eigenvalue weighted by molar-refractivity contribution is 0.240. The van der Waals surface area contributed by atoms with Crippen LogP contribution in [0.15, 0.2) is 60.1 Å². The van der Waals surface area contributed by atoms with Gasteiger partial charge in [-0.15, -0.1) is 11.3 Å². The third-order valence-corrected chi connectivity index (χ3v) is 4.71. The molecule has 2 N–H and O–H groups in total. The van der Waals surface area contributed by atoms with Crippen LogP contribution in [0.3, 0.4) is 0 Å². The molecule has 0 radical (unpaired) electrons. The summed E-state index contributed by atoms with van der Waals surface area (Å²) >= 11 is 1.69. The van der Waals surface area contributed by atoms with Gasteiger partial charge < -0.3 is 20.1 Å². The van der Waals surface area contributed by atoms with E-state index in [0.29, 0.717) is 24.7 Å². The molecule has 0 saturated heterocycles. The molecule has 1 aromatic carbocycles. The van der Waals surface area contributed by atoms with Crippen LogP contribution in [-0.4, -0.2) is 24.7 Å². The zero-order valence-electron chi connectivity index (χ0n) is 15.0. The molecule has 27 heavy (non-hydrogen) atoms. The highest BCUT2D eigenvalue weighted by molar-refractivity contribution is 7.09. The van der Waals surface area contributed by atoms with E-state index in [0.717, 1.165) is 17.7 Å². The number of hydrogen-bond acceptors (Lipinski definition) is 5. The van der Waals surface area contributed by atoms with Crippen molar-refractivity contribution in [3.63, 3.8) is 0 Å². The first kappa shape index (κ1) is 18.7. The van der Waals surface area contributed by atoms with E-state index in [2.05, 4.69) is 21.7 Å². The highest BCUT2D eigenvalue weighted by atomic mass is 32.1. The molecule has 0 aliphatic carbocycles. The normalized spacial score (nSPS) is 10.3. The third-order valence-electron chi connectivity index (χ3n) is 3.77. The Morgan fingerprint density at radius 2 is 1.93 bits per heavy atom. The van der Waals surface area contributed by atoms with Gasteiger partial charge in [-0.05, 0) is 53.8 Å². The maximum Gasteiger partial charge on any atom is 0.315 e. The molecule has 2 amide bonds. The first-order valence-corrected chi connectivity index (χ1v) is 9.42. The summed E-state index contributed by atoms with van der Waals surface area (Å²) in [5.41, 5.74) is 0.905. The van der Waals surface area contributed by atoms with Crippen LogP contribution >= 0.6 is 11.3 Å². The van der Waals surface area contributed by atoms with Crippen LogP contribution in [0.4, 0.5) is 4.79 Å². The minimum atomic E-state index is -0.194. The number of urea groups is 1. The Hall–Kier alpha value is -3.06. The number of nitrogens with zero attached hydrogens (tertiary/aromatic N) is 1. The highest BCUT2D eigenvalue weighted by Crippen LogP contribution is 2.22. The van der Waals surface area contributed by atoms with Gasteiger partial charge in [-0.2, -0.15) is 0 Å². The Morgan fingerprint density at radius 1 is 1.11 bits per heavy atom. The number of aromatic nitrogens is 1. The average molecular weight is 383 g/mol. The monoisotopic (exact) mass is 383 g/mol. The average Bonchev–Trinajstić information content (AvgIpc) is 3.21. The first-order chi connectivity index (χ1) is 13.2. The predicted octanol–water partition coefficient (Wildman–Crippen LogP) is 3.99. The van der Waals surface area contributed by atoms with Crippen LogP contribution < -0.4 is 20.1 Å². The predicted molar refractivity (Wildman–Crippen MR) is 106 cm³/mol. The second-order valence-corrected chi connectivity index (χ2v) is 6.75. The molecule has 0 aliphatic rings. The van der Waals surface area contributed by atoms with Crippen molar-refractivity contribution in [1.82, 2.24) is 15.6 Å². The standard InChI is InChI=1S/C20H21N3O3S/c1-25-16-4-6-17(7-5-16)26-19-13-15(8-10-21-19)14-23-20(24)22-11-9-18-3-2-12-27-18/h2-8,10,12-13H,9,11,14H2,1H3,(H2,22,23,24). The SMILES string of the molecule is COc1ccc(Oc2cc(CNC(=O)NCCc3cccs3)ccn2)cc1. The van der Waals surface area contributed by atoms with Gasteiger partial charge in [0.05, 0.1) is 7.11 Å². The number of carbonyl (C=O) groups excluding carboxylic acids is 1. The van der Waals surface area contributed by atoms with Gasteiger partial charge in [0.2, 0.25) is 5.88 Å². The number of ether oxygens (including phenoxy) is 2. The van der Waals surface area contributed by atoms with E-state index >= 15 is 0 Å². The first-order valence-electron chi connectivity index (χ1n) is 8.54. The van der Waals surface area contributed by atoms with E-state index in [4.69, 9.17) is 9.47 Å². The van der Waals surface area contributed by atoms with E-state index in [1.54, 1.807) is 30.7 Å². The molecule has 140 valence electrons. The number of methoxy groups -OCH3 is 1. The van der Waals surface area contributed by atoms with Crippen molar-refractivity contribution in [3.05, 3.63) is 70.5 Å². The lowest BCUT2D eigenvalue weighted by Crippen LogP contribution is -2.36. The number of thiophene rings is 1. The van der Waals surface area contributed by atoms with Gasteiger partial charge in [0.15, 0.2) is 0 Å². The fourth-order valence-corrected chi connectivity index (χ4v) is 3.09. The maximum atomic E-state index is 11.9. The van der Waals surface area contributed by atoms with Crippen molar-refractivity contribution < 1.29 is 14.3 Å². The van der Waals surface area contributed by atoms with Crippen molar-refractivity contribution in [2.75, 3.05) is 13.7 Å². The summed E-state index contributed by atoms with van der Waals surface area (Å²) in [5, 5.41) is 7.73. The molecule has 0 fully saturated rings. The molecule has 7 heteroatoms. The molecule has 3 aromatic rings. The number of hydrogen-bond donors (Lipinski definition) is 2. The summed E-state index contributed by atoms with van der Waals surface area (Å²) in [6, 6.07) is 14.8. The number of nitrogens with one attached hydrogen (secondary N) is 2. The van der Waals surface area contributed by atoms with Gasteiger partial charge in [-0.3, -0.25) is 0 Å². The third kappa shape index (κ3) is 6.00. The van der Waals surface area contributed by atoms with Crippen molar-refractivity contribution in [2.45, 2.75) is 13.0 Å². The molecule has 0 aliphatic heterocycles. The van der Waals surface area contributed by atoms with Gasteiger partial charge in [0.1, 0.15) is 11.5 Å². The number of rotatable bonds is 8. The number of amides is 2. The molecule has 0 bridgehead atoms. The van der Waals surface area contributed by atoms with Crippen molar-refractivity contribution >= 4 is 17.4 Å². The Kier molecular flexibility index (Phi) is 6.65. The summed E-state index contributed by atoms with van der Waals surface area (Å²) < 4.78 is 10.9. The summed E-state index contributed by atoms with van der Waals surface area (Å²) in [5.74, 6) is 1.90. The molecule has 2 heterocycles. The molecule has 0 unspecified atom stereocenters. The van der Waals surface area contributed by atoms with E-state index in [1.165, 1.54) is 4.88 Å². The smallest absolute Gasteiger partial charge is 0.315 e. The highest BCUT2D eigenvalue weighted by Gasteiger charge is 2.04. The molecule has 2 aromatic heterocycles. The summed E-state index contributed by atoms with van der Waals surface area (Å²) in [6.07, 6.45) is 2.49. The molecule has 6 nitrogen and oxygen atoms in total. The number of benzene rings is 1. The van der Waals surface area contributed by atoms with E-state index in [9.17, 15) is 4.79 Å². The second-order valence-electron chi connectivity index (χ2n) is 5.72. The van der Waals surface area contributed by atoms with Gasteiger partial charge >= 0.3 is 6.03 Å². The summed E-state index contributed by atoms with van der Waals surface area (Å²) in [6.45, 7) is 1.00. The van der Waals surface area contributed by atoms with Gasteiger partial charge in [0, 0.05) is 30.2 Å². The minimum Gasteiger partial charge on any atom is -0.497 e. The lowest BCUT2D eigenvalue weighted by atomic mass is 10.2. The van der Waals surface area contributed by atoms with Crippen LogP contribution in [0.1, 0.15) is 10.4 Å². The van der Waals surface area contributed by atoms with E-state index < -0.39 is 0 Å². The maximum absolute atomic E-state index is 11.9.